The molecule has 0 spiro atoms. The number of hydrogen-bond donors (Lipinski definition) is 0. The lowest BCUT2D eigenvalue weighted by Gasteiger charge is -2.02. The normalized spacial score (nSPS) is 10.3. The average molecular weight is 346 g/mol. The maximum atomic E-state index is 11.1. The van der Waals surface area contributed by atoms with Crippen molar-refractivity contribution >= 4 is 49.4 Å². The molecule has 0 unspecified atom stereocenters. The van der Waals surface area contributed by atoms with E-state index in [9.17, 15) is 4.79 Å². The number of carbonyl (C=O) groups excluding carboxylic acids is 1. The molecule has 0 bridgehead atoms. The summed E-state index contributed by atoms with van der Waals surface area (Å²) in [6.07, 6.45) is 1.08. The Labute approximate surface area is 103 Å². The zero-order valence-corrected chi connectivity index (χ0v) is 11.2. The highest BCUT2D eigenvalue weighted by Crippen LogP contribution is 2.29. The molecular formula is C7H7Br2ClN2O2. The molecule has 0 saturated heterocycles. The van der Waals surface area contributed by atoms with Crippen LogP contribution in [0.3, 0.4) is 0 Å². The van der Waals surface area contributed by atoms with Gasteiger partial charge in [0.15, 0.2) is 9.21 Å². The maximum Gasteiger partial charge on any atom is 0.335 e. The molecule has 0 fully saturated rings. The highest BCUT2D eigenvalue weighted by atomic mass is 79.9. The number of rotatable bonds is 3. The fourth-order valence-corrected chi connectivity index (χ4v) is 1.79. The van der Waals surface area contributed by atoms with E-state index in [1.54, 1.807) is 0 Å². The first kappa shape index (κ1) is 12.0. The van der Waals surface area contributed by atoms with Gasteiger partial charge >= 0.3 is 5.97 Å². The zero-order chi connectivity index (χ0) is 10.7. The van der Waals surface area contributed by atoms with Gasteiger partial charge in [0.05, 0.1) is 0 Å². The molecular weight excluding hydrogens is 339 g/mol. The molecule has 0 saturated carbocycles. The summed E-state index contributed by atoms with van der Waals surface area (Å²) in [7, 11) is 0. The lowest BCUT2D eigenvalue weighted by molar-refractivity contribution is -0.146. The molecule has 0 aliphatic heterocycles. The van der Waals surface area contributed by atoms with Crippen LogP contribution in [0, 0.1) is 0 Å². The first-order valence-corrected chi connectivity index (χ1v) is 5.83. The van der Waals surface area contributed by atoms with Gasteiger partial charge < -0.3 is 4.84 Å². The SMILES string of the molecule is CCCC(=O)On1nc(Br)c(Cl)c1Br. The first-order chi connectivity index (χ1) is 6.56. The van der Waals surface area contributed by atoms with Gasteiger partial charge in [-0.1, -0.05) is 23.4 Å². The molecule has 1 aromatic rings. The molecule has 0 aromatic carbocycles. The van der Waals surface area contributed by atoms with Crippen LogP contribution in [-0.2, 0) is 4.79 Å². The van der Waals surface area contributed by atoms with Crippen LogP contribution < -0.4 is 4.84 Å². The molecule has 1 heterocycles. The lowest BCUT2D eigenvalue weighted by Crippen LogP contribution is -2.20. The van der Waals surface area contributed by atoms with E-state index in [0.717, 1.165) is 11.3 Å². The molecule has 4 nitrogen and oxygen atoms in total. The van der Waals surface area contributed by atoms with Crippen LogP contribution in [0.2, 0.25) is 5.02 Å². The minimum atomic E-state index is -0.347. The predicted octanol–water partition coefficient (Wildman–Crippen LogP) is 2.82. The summed E-state index contributed by atoms with van der Waals surface area (Å²) in [4.78, 5) is 17.1. The Morgan fingerprint density at radius 2 is 2.29 bits per heavy atom. The minimum absolute atomic E-state index is 0.347. The van der Waals surface area contributed by atoms with Gasteiger partial charge in [-0.3, -0.25) is 0 Å². The average Bonchev–Trinajstić information content (AvgIpc) is 2.34. The van der Waals surface area contributed by atoms with Crippen LogP contribution in [0.25, 0.3) is 0 Å². The number of aromatic nitrogens is 2. The lowest BCUT2D eigenvalue weighted by atomic mass is 10.3. The molecule has 14 heavy (non-hydrogen) atoms. The summed E-state index contributed by atoms with van der Waals surface area (Å²) in [5, 5.41) is 4.21. The van der Waals surface area contributed by atoms with Crippen molar-refractivity contribution in [3.8, 4) is 0 Å². The fraction of sp³-hybridized carbons (Fsp3) is 0.429. The predicted molar refractivity (Wildman–Crippen MR) is 59.1 cm³/mol. The standard InChI is InChI=1S/C7H7Br2ClN2O2/c1-2-3-4(13)14-12-7(9)5(10)6(8)11-12/h2-3H2,1H3. The van der Waals surface area contributed by atoms with Gasteiger partial charge in [-0.05, 0) is 38.3 Å². The monoisotopic (exact) mass is 344 g/mol. The van der Waals surface area contributed by atoms with Crippen molar-refractivity contribution < 1.29 is 9.63 Å². The van der Waals surface area contributed by atoms with Crippen LogP contribution in [0.5, 0.6) is 0 Å². The summed E-state index contributed by atoms with van der Waals surface area (Å²) >= 11 is 12.0. The molecule has 78 valence electrons. The van der Waals surface area contributed by atoms with Crippen molar-refractivity contribution in [1.82, 2.24) is 9.94 Å². The minimum Gasteiger partial charge on any atom is -0.318 e. The highest BCUT2D eigenvalue weighted by Gasteiger charge is 2.15. The van der Waals surface area contributed by atoms with Gasteiger partial charge in [0, 0.05) is 6.42 Å². The Kier molecular flexibility index (Phi) is 4.40. The van der Waals surface area contributed by atoms with Gasteiger partial charge in [-0.25, -0.2) is 4.79 Å². The van der Waals surface area contributed by atoms with Crippen molar-refractivity contribution in [2.45, 2.75) is 19.8 Å². The van der Waals surface area contributed by atoms with Crippen LogP contribution in [0.15, 0.2) is 9.21 Å². The molecule has 0 atom stereocenters. The molecule has 1 aromatic heterocycles. The van der Waals surface area contributed by atoms with E-state index in [-0.39, 0.29) is 5.97 Å². The smallest absolute Gasteiger partial charge is 0.318 e. The van der Waals surface area contributed by atoms with Gasteiger partial charge in [-0.15, -0.1) is 5.10 Å². The van der Waals surface area contributed by atoms with E-state index in [1.807, 2.05) is 6.92 Å². The van der Waals surface area contributed by atoms with Crippen LogP contribution in [0.4, 0.5) is 0 Å². The summed E-state index contributed by atoms with van der Waals surface area (Å²) in [5.41, 5.74) is 0. The van der Waals surface area contributed by atoms with Crippen molar-refractivity contribution in [1.29, 1.82) is 0 Å². The third-order valence-corrected chi connectivity index (χ3v) is 3.42. The number of hydrogen-bond acceptors (Lipinski definition) is 3. The van der Waals surface area contributed by atoms with Crippen molar-refractivity contribution in [2.75, 3.05) is 0 Å². The van der Waals surface area contributed by atoms with Crippen LogP contribution in [-0.4, -0.2) is 15.9 Å². The van der Waals surface area contributed by atoms with E-state index in [4.69, 9.17) is 16.4 Å². The molecule has 1 rings (SSSR count). The molecule has 0 aliphatic carbocycles. The maximum absolute atomic E-state index is 11.1. The molecule has 0 aliphatic rings. The molecule has 7 heteroatoms. The van der Waals surface area contributed by atoms with E-state index in [1.165, 1.54) is 0 Å². The molecule has 0 radical (unpaired) electrons. The van der Waals surface area contributed by atoms with E-state index < -0.39 is 0 Å². The van der Waals surface area contributed by atoms with Gasteiger partial charge in [0.2, 0.25) is 0 Å². The summed E-state index contributed by atoms with van der Waals surface area (Å²) in [5.74, 6) is -0.347. The molecule has 0 N–H and O–H groups in total. The first-order valence-electron chi connectivity index (χ1n) is 3.87. The van der Waals surface area contributed by atoms with Crippen molar-refractivity contribution in [2.24, 2.45) is 0 Å². The van der Waals surface area contributed by atoms with Crippen molar-refractivity contribution in [3.05, 3.63) is 14.2 Å². The fourth-order valence-electron chi connectivity index (χ4n) is 0.743. The van der Waals surface area contributed by atoms with Crippen LogP contribution >= 0.6 is 43.5 Å². The third kappa shape index (κ3) is 2.71. The molecule has 0 amide bonds. The number of nitrogens with zero attached hydrogens (tertiary/aromatic N) is 2. The summed E-state index contributed by atoms with van der Waals surface area (Å²) < 4.78 is 0.839. The quantitative estimate of drug-likeness (QED) is 0.845. The highest BCUT2D eigenvalue weighted by molar-refractivity contribution is 9.11. The van der Waals surface area contributed by atoms with Gasteiger partial charge in [-0.2, -0.15) is 0 Å². The third-order valence-electron chi connectivity index (χ3n) is 1.35. The summed E-state index contributed by atoms with van der Waals surface area (Å²) in [6.45, 7) is 1.89. The Hall–Kier alpha value is -0.0700. The second-order valence-electron chi connectivity index (χ2n) is 2.48. The van der Waals surface area contributed by atoms with Gasteiger partial charge in [0.25, 0.3) is 0 Å². The zero-order valence-electron chi connectivity index (χ0n) is 7.26. The van der Waals surface area contributed by atoms with E-state index in [0.29, 0.717) is 20.6 Å². The number of carbonyl (C=O) groups is 1. The van der Waals surface area contributed by atoms with E-state index in [2.05, 4.69) is 37.0 Å². The second-order valence-corrected chi connectivity index (χ2v) is 4.36. The van der Waals surface area contributed by atoms with Gasteiger partial charge in [0.1, 0.15) is 5.02 Å². The second kappa shape index (κ2) is 5.14. The Balaban J connectivity index is 2.77. The van der Waals surface area contributed by atoms with E-state index >= 15 is 0 Å². The topological polar surface area (TPSA) is 44.1 Å². The summed E-state index contributed by atoms with van der Waals surface area (Å²) in [6, 6.07) is 0. The Bertz CT molecular complexity index is 354. The van der Waals surface area contributed by atoms with Crippen LogP contribution in [0.1, 0.15) is 19.8 Å². The Morgan fingerprint density at radius 3 is 2.71 bits per heavy atom. The number of halogens is 3. The largest absolute Gasteiger partial charge is 0.335 e. The Morgan fingerprint density at radius 1 is 1.64 bits per heavy atom. The van der Waals surface area contributed by atoms with Crippen molar-refractivity contribution in [3.63, 3.8) is 0 Å².